The molecule has 3 rings (SSSR count). The Morgan fingerprint density at radius 1 is 1.15 bits per heavy atom. The van der Waals surface area contributed by atoms with Crippen LogP contribution in [0, 0.1) is 6.92 Å². The zero-order valence-electron chi connectivity index (χ0n) is 11.4. The highest BCUT2D eigenvalue weighted by Gasteiger charge is 2.32. The molecule has 0 saturated heterocycles. The zero-order valence-corrected chi connectivity index (χ0v) is 11.4. The van der Waals surface area contributed by atoms with Gasteiger partial charge in [0.25, 0.3) is 5.85 Å². The maximum atomic E-state index is 14.5. The Hall–Kier alpha value is -2.23. The number of aliphatic imine (C=N–C) groups is 1. The van der Waals surface area contributed by atoms with Crippen LogP contribution < -0.4 is 0 Å². The highest BCUT2D eigenvalue weighted by Crippen LogP contribution is 2.31. The van der Waals surface area contributed by atoms with E-state index in [1.54, 1.807) is 0 Å². The van der Waals surface area contributed by atoms with Gasteiger partial charge in [0.15, 0.2) is 0 Å². The number of halogens is 1. The van der Waals surface area contributed by atoms with Crippen molar-refractivity contribution in [3.05, 3.63) is 59.4 Å². The highest BCUT2D eigenvalue weighted by atomic mass is 19.2. The van der Waals surface area contributed by atoms with Gasteiger partial charge in [-0.25, -0.2) is 4.99 Å². The van der Waals surface area contributed by atoms with Crippen LogP contribution in [0.5, 0.6) is 0 Å². The van der Waals surface area contributed by atoms with Gasteiger partial charge in [-0.2, -0.15) is 4.39 Å². The molecule has 102 valence electrons. The van der Waals surface area contributed by atoms with Crippen LogP contribution in [-0.2, 0) is 11.2 Å². The van der Waals surface area contributed by atoms with Crippen molar-refractivity contribution in [1.82, 2.24) is 4.98 Å². The summed E-state index contributed by atoms with van der Waals surface area (Å²) in [4.78, 5) is 8.81. The Kier molecular flexibility index (Phi) is 3.01. The Morgan fingerprint density at radius 3 is 2.65 bits per heavy atom. The van der Waals surface area contributed by atoms with E-state index >= 15 is 0 Å². The van der Waals surface area contributed by atoms with Gasteiger partial charge in [-0.1, -0.05) is 18.2 Å². The molecule has 1 aromatic heterocycles. The molecule has 0 aliphatic carbocycles. The Morgan fingerprint density at radius 2 is 1.90 bits per heavy atom. The normalized spacial score (nSPS) is 21.4. The van der Waals surface area contributed by atoms with Crippen LogP contribution in [-0.4, -0.2) is 16.7 Å². The average molecular weight is 270 g/mol. The second kappa shape index (κ2) is 4.71. The summed E-state index contributed by atoms with van der Waals surface area (Å²) in [6.07, 6.45) is 0.0871. The number of fused-ring (bicyclic) bond motifs is 1. The number of aryl methyl sites for hydroxylation is 1. The maximum Gasteiger partial charge on any atom is 0.253 e. The predicted molar refractivity (Wildman–Crippen MR) is 75.9 cm³/mol. The molecule has 0 saturated carbocycles. The fraction of sp³-hybridized carbons (Fsp3) is 0.250. The van der Waals surface area contributed by atoms with Crippen LogP contribution in [0.1, 0.15) is 23.9 Å². The van der Waals surface area contributed by atoms with Crippen LogP contribution in [0.4, 0.5) is 10.1 Å². The summed E-state index contributed by atoms with van der Waals surface area (Å²) in [5.74, 6) is -1.53. The number of aromatic nitrogens is 1. The fourth-order valence-electron chi connectivity index (χ4n) is 2.21. The topological polar surface area (TPSA) is 34.5 Å². The Labute approximate surface area is 117 Å². The first-order chi connectivity index (χ1) is 9.53. The van der Waals surface area contributed by atoms with Crippen molar-refractivity contribution in [3.8, 4) is 0 Å². The van der Waals surface area contributed by atoms with E-state index < -0.39 is 5.85 Å². The lowest BCUT2D eigenvalue weighted by Crippen LogP contribution is -2.28. The van der Waals surface area contributed by atoms with Crippen molar-refractivity contribution in [3.63, 3.8) is 0 Å². The highest BCUT2D eigenvalue weighted by molar-refractivity contribution is 5.96. The number of ether oxygens (including phenoxy) is 1. The molecule has 1 aliphatic heterocycles. The van der Waals surface area contributed by atoms with Crippen LogP contribution in [0.3, 0.4) is 0 Å². The monoisotopic (exact) mass is 270 g/mol. The second-order valence-corrected chi connectivity index (χ2v) is 5.08. The molecular formula is C16H15FN2O. The Balaban J connectivity index is 2.13. The summed E-state index contributed by atoms with van der Waals surface area (Å²) < 4.78 is 20.0. The zero-order chi connectivity index (χ0) is 14.2. The fourth-order valence-corrected chi connectivity index (χ4v) is 2.21. The van der Waals surface area contributed by atoms with Gasteiger partial charge in [0.1, 0.15) is 0 Å². The van der Waals surface area contributed by atoms with E-state index in [-0.39, 0.29) is 6.42 Å². The summed E-state index contributed by atoms with van der Waals surface area (Å²) >= 11 is 0. The lowest BCUT2D eigenvalue weighted by Gasteiger charge is -2.20. The number of rotatable bonds is 1. The molecule has 3 nitrogen and oxygen atoms in total. The predicted octanol–water partition coefficient (Wildman–Crippen LogP) is 3.73. The molecule has 2 heterocycles. The van der Waals surface area contributed by atoms with E-state index in [9.17, 15) is 4.39 Å². The first kappa shape index (κ1) is 12.8. The van der Waals surface area contributed by atoms with Gasteiger partial charge in [0.05, 0.1) is 17.8 Å². The first-order valence-corrected chi connectivity index (χ1v) is 6.52. The van der Waals surface area contributed by atoms with Crippen LogP contribution in [0.15, 0.2) is 47.5 Å². The van der Waals surface area contributed by atoms with E-state index in [2.05, 4.69) is 9.98 Å². The summed E-state index contributed by atoms with van der Waals surface area (Å²) in [7, 11) is 0. The van der Waals surface area contributed by atoms with E-state index in [1.807, 2.05) is 49.4 Å². The van der Waals surface area contributed by atoms with Gasteiger partial charge in [-0.05, 0) is 31.2 Å². The van der Waals surface area contributed by atoms with E-state index in [1.165, 1.54) is 6.92 Å². The number of hydrogen-bond acceptors (Lipinski definition) is 3. The molecule has 2 aromatic rings. The lowest BCUT2D eigenvalue weighted by molar-refractivity contribution is -0.0534. The summed E-state index contributed by atoms with van der Waals surface area (Å²) in [5.41, 5.74) is 2.89. The van der Waals surface area contributed by atoms with Crippen molar-refractivity contribution < 1.29 is 9.13 Å². The molecular weight excluding hydrogens is 255 g/mol. The molecule has 1 aromatic carbocycles. The number of hydrogen-bond donors (Lipinski definition) is 0. The van der Waals surface area contributed by atoms with Gasteiger partial charge in [-0.3, -0.25) is 4.98 Å². The van der Waals surface area contributed by atoms with Gasteiger partial charge in [0.2, 0.25) is 5.90 Å². The van der Waals surface area contributed by atoms with Crippen molar-refractivity contribution in [2.75, 3.05) is 0 Å². The smallest absolute Gasteiger partial charge is 0.253 e. The molecule has 4 heteroatoms. The molecule has 0 radical (unpaired) electrons. The molecule has 1 unspecified atom stereocenters. The molecule has 0 bridgehead atoms. The van der Waals surface area contributed by atoms with Crippen LogP contribution in [0.25, 0.3) is 0 Å². The molecule has 0 N–H and O–H groups in total. The number of nitrogens with zero attached hydrogens (tertiary/aromatic N) is 2. The van der Waals surface area contributed by atoms with Crippen molar-refractivity contribution in [2.45, 2.75) is 26.1 Å². The van der Waals surface area contributed by atoms with Gasteiger partial charge in [-0.15, -0.1) is 0 Å². The van der Waals surface area contributed by atoms with Crippen molar-refractivity contribution in [1.29, 1.82) is 0 Å². The third-order valence-corrected chi connectivity index (χ3v) is 3.12. The molecule has 0 amide bonds. The second-order valence-electron chi connectivity index (χ2n) is 5.08. The maximum absolute atomic E-state index is 14.5. The van der Waals surface area contributed by atoms with E-state index in [0.29, 0.717) is 17.3 Å². The van der Waals surface area contributed by atoms with E-state index in [0.717, 1.165) is 11.3 Å². The minimum absolute atomic E-state index is 0.0871. The standard InChI is InChI=1S/C16H15FN2O/c1-11-8-9-13-14(18-11)10-16(2,17)20-15(19-13)12-6-4-3-5-7-12/h3-9H,10H2,1-2H3. The number of pyridine rings is 1. The summed E-state index contributed by atoms with van der Waals surface area (Å²) in [6, 6.07) is 13.1. The van der Waals surface area contributed by atoms with Gasteiger partial charge >= 0.3 is 0 Å². The molecule has 20 heavy (non-hydrogen) atoms. The minimum atomic E-state index is -1.82. The van der Waals surface area contributed by atoms with Gasteiger partial charge < -0.3 is 4.74 Å². The average Bonchev–Trinajstić information content (AvgIpc) is 2.54. The van der Waals surface area contributed by atoms with Gasteiger partial charge in [0, 0.05) is 18.2 Å². The first-order valence-electron chi connectivity index (χ1n) is 6.52. The number of alkyl halides is 1. The Bertz CT molecular complexity index is 665. The summed E-state index contributed by atoms with van der Waals surface area (Å²) in [6.45, 7) is 3.29. The quantitative estimate of drug-likeness (QED) is 0.791. The molecule has 0 fully saturated rings. The molecule has 1 aliphatic rings. The third kappa shape index (κ3) is 2.54. The number of benzene rings is 1. The summed E-state index contributed by atoms with van der Waals surface area (Å²) in [5, 5.41) is 0. The SMILES string of the molecule is Cc1ccc2c(n1)CC(C)(F)OC(c1ccccc1)=N2. The largest absolute Gasteiger partial charge is 0.440 e. The van der Waals surface area contributed by atoms with Crippen LogP contribution >= 0.6 is 0 Å². The third-order valence-electron chi connectivity index (χ3n) is 3.12. The minimum Gasteiger partial charge on any atom is -0.440 e. The van der Waals surface area contributed by atoms with Crippen molar-refractivity contribution in [2.24, 2.45) is 4.99 Å². The van der Waals surface area contributed by atoms with E-state index in [4.69, 9.17) is 4.74 Å². The molecule has 0 spiro atoms. The lowest BCUT2D eigenvalue weighted by atomic mass is 10.1. The van der Waals surface area contributed by atoms with Crippen LogP contribution in [0.2, 0.25) is 0 Å². The van der Waals surface area contributed by atoms with Crippen molar-refractivity contribution >= 4 is 11.6 Å². The molecule has 1 atom stereocenters.